The van der Waals surface area contributed by atoms with Crippen molar-refractivity contribution in [3.8, 4) is 11.3 Å². The number of fused-ring (bicyclic) bond motifs is 1. The summed E-state index contributed by atoms with van der Waals surface area (Å²) < 4.78 is 2.04. The van der Waals surface area contributed by atoms with E-state index in [4.69, 9.17) is 0 Å². The second kappa shape index (κ2) is 7.57. The normalized spacial score (nSPS) is 11.0. The first-order valence-electron chi connectivity index (χ1n) is 8.00. The molecule has 130 valence electrons. The maximum atomic E-state index is 12.3. The van der Waals surface area contributed by atoms with Crippen LogP contribution in [0.5, 0.6) is 0 Å². The number of thiazole rings is 2. The van der Waals surface area contributed by atoms with Crippen LogP contribution >= 0.6 is 34.4 Å². The number of para-hydroxylation sites is 1. The second-order valence-corrected chi connectivity index (χ2v) is 9.03. The molecule has 0 bridgehead atoms. The Hall–Kier alpha value is -2.22. The largest absolute Gasteiger partial charge is 0.301 e. The van der Waals surface area contributed by atoms with Gasteiger partial charge < -0.3 is 5.32 Å². The van der Waals surface area contributed by atoms with Crippen LogP contribution in [-0.4, -0.2) is 21.6 Å². The van der Waals surface area contributed by atoms with Gasteiger partial charge >= 0.3 is 0 Å². The maximum Gasteiger partial charge on any atom is 0.236 e. The fourth-order valence-corrected chi connectivity index (χ4v) is 5.23. The van der Waals surface area contributed by atoms with E-state index < -0.39 is 0 Å². The minimum atomic E-state index is -0.0670. The summed E-state index contributed by atoms with van der Waals surface area (Å²) in [6.45, 7) is 2.02. The van der Waals surface area contributed by atoms with Gasteiger partial charge in [-0.2, -0.15) is 0 Å². The molecule has 2 heterocycles. The quantitative estimate of drug-likeness (QED) is 0.454. The van der Waals surface area contributed by atoms with Gasteiger partial charge in [0.15, 0.2) is 9.47 Å². The van der Waals surface area contributed by atoms with Crippen LogP contribution in [-0.2, 0) is 4.79 Å². The monoisotopic (exact) mass is 397 g/mol. The van der Waals surface area contributed by atoms with Gasteiger partial charge in [-0.3, -0.25) is 4.79 Å². The third kappa shape index (κ3) is 3.80. The average Bonchev–Trinajstić information content (AvgIpc) is 3.23. The molecule has 0 unspecified atom stereocenters. The molecule has 0 spiro atoms. The number of rotatable bonds is 5. The summed E-state index contributed by atoms with van der Waals surface area (Å²) in [5.74, 6) is 0.252. The Labute approximate surface area is 163 Å². The van der Waals surface area contributed by atoms with Gasteiger partial charge in [-0.05, 0) is 19.1 Å². The summed E-state index contributed by atoms with van der Waals surface area (Å²) in [6, 6.07) is 18.0. The van der Waals surface area contributed by atoms with E-state index in [1.165, 1.54) is 23.1 Å². The predicted molar refractivity (Wildman–Crippen MR) is 111 cm³/mol. The van der Waals surface area contributed by atoms with Crippen LogP contribution in [0.4, 0.5) is 5.13 Å². The van der Waals surface area contributed by atoms with Gasteiger partial charge in [0.05, 0.1) is 21.7 Å². The number of carbonyl (C=O) groups is 1. The molecule has 1 amide bonds. The zero-order chi connectivity index (χ0) is 17.9. The van der Waals surface area contributed by atoms with Crippen LogP contribution in [0, 0.1) is 6.92 Å². The van der Waals surface area contributed by atoms with Gasteiger partial charge in [-0.25, -0.2) is 9.97 Å². The lowest BCUT2D eigenvalue weighted by Crippen LogP contribution is -2.13. The molecular weight excluding hydrogens is 382 g/mol. The first kappa shape index (κ1) is 17.2. The zero-order valence-corrected chi connectivity index (χ0v) is 16.4. The van der Waals surface area contributed by atoms with Gasteiger partial charge in [-0.1, -0.05) is 54.2 Å². The molecule has 7 heteroatoms. The molecular formula is C19H15N3OS3. The molecule has 1 N–H and O–H groups in total. The van der Waals surface area contributed by atoms with Crippen molar-refractivity contribution in [1.82, 2.24) is 9.97 Å². The minimum Gasteiger partial charge on any atom is -0.301 e. The van der Waals surface area contributed by atoms with Crippen LogP contribution in [0.3, 0.4) is 0 Å². The van der Waals surface area contributed by atoms with Crippen LogP contribution < -0.4 is 5.32 Å². The topological polar surface area (TPSA) is 54.9 Å². The molecule has 0 radical (unpaired) electrons. The highest BCUT2D eigenvalue weighted by atomic mass is 32.2. The molecule has 0 saturated heterocycles. The molecule has 2 aromatic heterocycles. The number of hydrogen-bond donors (Lipinski definition) is 1. The third-order valence-electron chi connectivity index (χ3n) is 3.69. The van der Waals surface area contributed by atoms with Crippen molar-refractivity contribution in [1.29, 1.82) is 0 Å². The number of nitrogens with zero attached hydrogens (tertiary/aromatic N) is 2. The van der Waals surface area contributed by atoms with E-state index in [-0.39, 0.29) is 5.91 Å². The summed E-state index contributed by atoms with van der Waals surface area (Å²) in [5, 5.41) is 3.54. The first-order valence-corrected chi connectivity index (χ1v) is 10.6. The lowest BCUT2D eigenvalue weighted by Gasteiger charge is -2.00. The van der Waals surface area contributed by atoms with Crippen LogP contribution in [0.15, 0.2) is 58.9 Å². The van der Waals surface area contributed by atoms with E-state index in [0.717, 1.165) is 30.7 Å². The highest BCUT2D eigenvalue weighted by Gasteiger charge is 2.13. The van der Waals surface area contributed by atoms with Crippen molar-refractivity contribution in [3.63, 3.8) is 0 Å². The molecule has 0 aliphatic rings. The van der Waals surface area contributed by atoms with Crippen molar-refractivity contribution < 1.29 is 4.79 Å². The van der Waals surface area contributed by atoms with E-state index in [9.17, 15) is 4.79 Å². The number of benzene rings is 2. The van der Waals surface area contributed by atoms with Crippen molar-refractivity contribution in [3.05, 3.63) is 59.5 Å². The number of hydrogen-bond acceptors (Lipinski definition) is 6. The third-order valence-corrected chi connectivity index (χ3v) is 6.76. The predicted octanol–water partition coefficient (Wildman–Crippen LogP) is 5.46. The molecule has 0 fully saturated rings. The molecule has 0 saturated carbocycles. The second-order valence-electron chi connectivity index (χ2n) is 5.57. The summed E-state index contributed by atoms with van der Waals surface area (Å²) in [7, 11) is 0. The van der Waals surface area contributed by atoms with Gasteiger partial charge in [0, 0.05) is 10.4 Å². The highest BCUT2D eigenvalue weighted by molar-refractivity contribution is 8.01. The Morgan fingerprint density at radius 1 is 1.04 bits per heavy atom. The van der Waals surface area contributed by atoms with Crippen molar-refractivity contribution >= 4 is 55.7 Å². The Morgan fingerprint density at radius 2 is 1.81 bits per heavy atom. The van der Waals surface area contributed by atoms with Crippen LogP contribution in [0.2, 0.25) is 0 Å². The van der Waals surface area contributed by atoms with Crippen molar-refractivity contribution in [2.75, 3.05) is 11.1 Å². The molecule has 26 heavy (non-hydrogen) atoms. The molecule has 4 rings (SSSR count). The summed E-state index contributed by atoms with van der Waals surface area (Å²) in [4.78, 5) is 22.5. The Morgan fingerprint density at radius 3 is 2.62 bits per heavy atom. The summed E-state index contributed by atoms with van der Waals surface area (Å²) in [5.41, 5.74) is 2.96. The Kier molecular flexibility index (Phi) is 5.01. The Bertz CT molecular complexity index is 1020. The fourth-order valence-electron chi connectivity index (χ4n) is 2.51. The van der Waals surface area contributed by atoms with Crippen LogP contribution in [0.1, 0.15) is 4.88 Å². The van der Waals surface area contributed by atoms with E-state index in [2.05, 4.69) is 15.3 Å². The van der Waals surface area contributed by atoms with E-state index in [1.807, 2.05) is 61.5 Å². The molecule has 4 nitrogen and oxygen atoms in total. The van der Waals surface area contributed by atoms with Crippen molar-refractivity contribution in [2.24, 2.45) is 0 Å². The standard InChI is InChI=1S/C19H15N3OS3/c1-12-17(13-7-3-2-4-8-13)22-18(25-12)21-16(23)11-24-19-20-14-9-5-6-10-15(14)26-19/h2-10H,11H2,1H3,(H,21,22,23). The van der Waals surface area contributed by atoms with Gasteiger partial charge in [0.1, 0.15) is 0 Å². The van der Waals surface area contributed by atoms with E-state index in [0.29, 0.717) is 10.9 Å². The fraction of sp³-hybridized carbons (Fsp3) is 0.105. The lowest BCUT2D eigenvalue weighted by atomic mass is 10.1. The molecule has 0 atom stereocenters. The number of aromatic nitrogens is 2. The van der Waals surface area contributed by atoms with Gasteiger partial charge in [0.25, 0.3) is 0 Å². The minimum absolute atomic E-state index is 0.0670. The number of thioether (sulfide) groups is 1. The number of anilines is 1. The molecule has 2 aromatic carbocycles. The maximum absolute atomic E-state index is 12.3. The summed E-state index contributed by atoms with van der Waals surface area (Å²) in [6.07, 6.45) is 0. The number of nitrogens with one attached hydrogen (secondary N) is 1. The highest BCUT2D eigenvalue weighted by Crippen LogP contribution is 2.31. The number of carbonyl (C=O) groups excluding carboxylic acids is 1. The van der Waals surface area contributed by atoms with Crippen LogP contribution in [0.25, 0.3) is 21.5 Å². The van der Waals surface area contributed by atoms with Gasteiger partial charge in [-0.15, -0.1) is 22.7 Å². The Balaban J connectivity index is 1.40. The first-order chi connectivity index (χ1) is 12.7. The average molecular weight is 398 g/mol. The van der Waals surface area contributed by atoms with E-state index in [1.54, 1.807) is 11.3 Å². The SMILES string of the molecule is Cc1sc(NC(=O)CSc2nc3ccccc3s2)nc1-c1ccccc1. The van der Waals surface area contributed by atoms with Crippen molar-refractivity contribution in [2.45, 2.75) is 11.3 Å². The lowest BCUT2D eigenvalue weighted by molar-refractivity contribution is -0.113. The van der Waals surface area contributed by atoms with Gasteiger partial charge in [0.2, 0.25) is 5.91 Å². The number of amides is 1. The number of aryl methyl sites for hydroxylation is 1. The molecule has 0 aliphatic heterocycles. The summed E-state index contributed by atoms with van der Waals surface area (Å²) >= 11 is 4.56. The van der Waals surface area contributed by atoms with E-state index >= 15 is 0 Å². The molecule has 4 aromatic rings. The molecule has 0 aliphatic carbocycles. The zero-order valence-electron chi connectivity index (χ0n) is 13.9. The smallest absolute Gasteiger partial charge is 0.236 e.